The van der Waals surface area contributed by atoms with Crippen molar-refractivity contribution < 1.29 is 4.79 Å². The third-order valence-corrected chi connectivity index (χ3v) is 3.76. The number of nitrogens with one attached hydrogen (secondary N) is 1. The van der Waals surface area contributed by atoms with Crippen LogP contribution >= 0.6 is 0 Å². The molecule has 1 aromatic rings. The first-order chi connectivity index (χ1) is 9.97. The van der Waals surface area contributed by atoms with E-state index in [0.29, 0.717) is 24.0 Å². The number of pyridine rings is 1. The second-order valence-electron chi connectivity index (χ2n) is 5.52. The first-order valence-electron chi connectivity index (χ1n) is 7.72. The van der Waals surface area contributed by atoms with E-state index >= 15 is 0 Å². The minimum Gasteiger partial charge on any atom is -0.384 e. The van der Waals surface area contributed by atoms with E-state index in [1.807, 2.05) is 6.07 Å². The van der Waals surface area contributed by atoms with Crippen LogP contribution < -0.4 is 11.1 Å². The van der Waals surface area contributed by atoms with Crippen molar-refractivity contribution in [3.8, 4) is 0 Å². The van der Waals surface area contributed by atoms with Crippen LogP contribution in [0.15, 0.2) is 12.1 Å². The number of rotatable bonds is 8. The summed E-state index contributed by atoms with van der Waals surface area (Å²) in [5, 5.41) is 2.94. The number of nitrogens with two attached hydrogens (primary N) is 1. The summed E-state index contributed by atoms with van der Waals surface area (Å²) < 4.78 is 0. The van der Waals surface area contributed by atoms with Crippen LogP contribution in [0.1, 0.15) is 49.7 Å². The minimum absolute atomic E-state index is 0.0843. The number of anilines is 1. The van der Waals surface area contributed by atoms with Gasteiger partial charge < -0.3 is 16.0 Å². The fourth-order valence-electron chi connectivity index (χ4n) is 2.11. The molecule has 0 saturated carbocycles. The Morgan fingerprint density at radius 1 is 1.43 bits per heavy atom. The molecule has 0 aliphatic carbocycles. The van der Waals surface area contributed by atoms with Crippen molar-refractivity contribution in [2.75, 3.05) is 25.9 Å². The zero-order chi connectivity index (χ0) is 15.8. The van der Waals surface area contributed by atoms with Gasteiger partial charge >= 0.3 is 0 Å². The number of aromatic nitrogens is 1. The molecule has 0 spiro atoms. The predicted octanol–water partition coefficient (Wildman–Crippen LogP) is 2.08. The maximum atomic E-state index is 12.2. The lowest BCUT2D eigenvalue weighted by molar-refractivity contribution is 0.0947. The average Bonchev–Trinajstić information content (AvgIpc) is 2.45. The lowest BCUT2D eigenvalue weighted by Crippen LogP contribution is -2.37. The Hall–Kier alpha value is -1.62. The monoisotopic (exact) mass is 292 g/mol. The molecule has 21 heavy (non-hydrogen) atoms. The number of aryl methyl sites for hydroxylation is 1. The molecule has 0 radical (unpaired) electrons. The topological polar surface area (TPSA) is 71.2 Å². The van der Waals surface area contributed by atoms with Crippen LogP contribution in [-0.2, 0) is 6.42 Å². The molecule has 0 aliphatic rings. The van der Waals surface area contributed by atoms with Crippen LogP contribution in [0, 0.1) is 0 Å². The molecule has 1 unspecified atom stereocenters. The van der Waals surface area contributed by atoms with Gasteiger partial charge in [0.1, 0.15) is 5.82 Å². The number of amides is 1. The van der Waals surface area contributed by atoms with Crippen LogP contribution in [0.3, 0.4) is 0 Å². The third-order valence-electron chi connectivity index (χ3n) is 3.76. The number of nitrogens with zero attached hydrogens (tertiary/aromatic N) is 2. The SMILES string of the molecule is CCCc1cc(C(=O)NCCN(C)C(C)CC)cc(N)n1. The van der Waals surface area contributed by atoms with Crippen molar-refractivity contribution in [2.24, 2.45) is 0 Å². The summed E-state index contributed by atoms with van der Waals surface area (Å²) >= 11 is 0. The summed E-state index contributed by atoms with van der Waals surface area (Å²) in [6.45, 7) is 7.89. The molecule has 5 nitrogen and oxygen atoms in total. The van der Waals surface area contributed by atoms with Gasteiger partial charge in [-0.2, -0.15) is 0 Å². The van der Waals surface area contributed by atoms with Gasteiger partial charge in [-0.3, -0.25) is 4.79 Å². The van der Waals surface area contributed by atoms with Crippen molar-refractivity contribution in [1.29, 1.82) is 0 Å². The summed E-state index contributed by atoms with van der Waals surface area (Å²) in [6.07, 6.45) is 2.92. The molecule has 118 valence electrons. The molecule has 3 N–H and O–H groups in total. The fourth-order valence-corrected chi connectivity index (χ4v) is 2.11. The summed E-state index contributed by atoms with van der Waals surface area (Å²) in [7, 11) is 2.07. The quantitative estimate of drug-likeness (QED) is 0.769. The van der Waals surface area contributed by atoms with Gasteiger partial charge in [0, 0.05) is 30.4 Å². The largest absolute Gasteiger partial charge is 0.384 e. The smallest absolute Gasteiger partial charge is 0.251 e. The summed E-state index contributed by atoms with van der Waals surface area (Å²) in [4.78, 5) is 18.6. The van der Waals surface area contributed by atoms with Gasteiger partial charge in [0.2, 0.25) is 0 Å². The molecule has 0 fully saturated rings. The Morgan fingerprint density at radius 2 is 2.14 bits per heavy atom. The van der Waals surface area contributed by atoms with Crippen LogP contribution in [0.25, 0.3) is 0 Å². The Bertz CT molecular complexity index is 462. The van der Waals surface area contributed by atoms with Crippen molar-refractivity contribution >= 4 is 11.7 Å². The fraction of sp³-hybridized carbons (Fsp3) is 0.625. The molecule has 1 atom stereocenters. The molecule has 5 heteroatoms. The molecule has 0 aliphatic heterocycles. The van der Waals surface area contributed by atoms with Gasteiger partial charge in [0.25, 0.3) is 5.91 Å². The number of hydrogen-bond donors (Lipinski definition) is 2. The second-order valence-corrected chi connectivity index (χ2v) is 5.52. The average molecular weight is 292 g/mol. The summed E-state index contributed by atoms with van der Waals surface area (Å²) in [5.74, 6) is 0.321. The highest BCUT2D eigenvalue weighted by molar-refractivity contribution is 5.94. The van der Waals surface area contributed by atoms with E-state index < -0.39 is 0 Å². The van der Waals surface area contributed by atoms with Crippen LogP contribution in [-0.4, -0.2) is 42.0 Å². The van der Waals surface area contributed by atoms with E-state index in [0.717, 1.165) is 31.5 Å². The first kappa shape index (κ1) is 17.4. The van der Waals surface area contributed by atoms with E-state index in [4.69, 9.17) is 5.73 Å². The predicted molar refractivity (Wildman–Crippen MR) is 87.4 cm³/mol. The second kappa shape index (κ2) is 8.62. The Labute approximate surface area is 127 Å². The highest BCUT2D eigenvalue weighted by Crippen LogP contribution is 2.09. The van der Waals surface area contributed by atoms with Gasteiger partial charge in [-0.1, -0.05) is 20.3 Å². The van der Waals surface area contributed by atoms with Crippen molar-refractivity contribution in [3.05, 3.63) is 23.4 Å². The summed E-state index contributed by atoms with van der Waals surface area (Å²) in [6, 6.07) is 3.98. The van der Waals surface area contributed by atoms with Crippen molar-refractivity contribution in [2.45, 2.75) is 46.1 Å². The Balaban J connectivity index is 2.55. The molecule has 1 amide bonds. The standard InChI is InChI=1S/C16H28N4O/c1-5-7-14-10-13(11-15(17)19-14)16(21)18-8-9-20(4)12(3)6-2/h10-12H,5-9H2,1-4H3,(H2,17,19)(H,18,21). The van der Waals surface area contributed by atoms with Crippen LogP contribution in [0.4, 0.5) is 5.82 Å². The van der Waals surface area contributed by atoms with Gasteiger partial charge in [-0.05, 0) is 38.9 Å². The zero-order valence-electron chi connectivity index (χ0n) is 13.6. The molecule has 1 rings (SSSR count). The van der Waals surface area contributed by atoms with E-state index in [1.165, 1.54) is 0 Å². The van der Waals surface area contributed by atoms with Crippen molar-refractivity contribution in [1.82, 2.24) is 15.2 Å². The number of carbonyl (C=O) groups excluding carboxylic acids is 1. The van der Waals surface area contributed by atoms with E-state index in [9.17, 15) is 4.79 Å². The van der Waals surface area contributed by atoms with Crippen LogP contribution in [0.5, 0.6) is 0 Å². The lowest BCUT2D eigenvalue weighted by atomic mass is 10.1. The van der Waals surface area contributed by atoms with Gasteiger partial charge in [0.15, 0.2) is 0 Å². The van der Waals surface area contributed by atoms with Gasteiger partial charge in [0.05, 0.1) is 0 Å². The summed E-state index contributed by atoms with van der Waals surface area (Å²) in [5.41, 5.74) is 7.23. The molecule has 1 aromatic heterocycles. The highest BCUT2D eigenvalue weighted by Gasteiger charge is 2.10. The highest BCUT2D eigenvalue weighted by atomic mass is 16.1. The van der Waals surface area contributed by atoms with Crippen molar-refractivity contribution in [3.63, 3.8) is 0 Å². The maximum absolute atomic E-state index is 12.2. The Kier molecular flexibility index (Phi) is 7.15. The van der Waals surface area contributed by atoms with Gasteiger partial charge in [-0.15, -0.1) is 0 Å². The molecular formula is C16H28N4O. The molecule has 0 aromatic carbocycles. The maximum Gasteiger partial charge on any atom is 0.251 e. The van der Waals surface area contributed by atoms with Crippen LogP contribution in [0.2, 0.25) is 0 Å². The number of hydrogen-bond acceptors (Lipinski definition) is 4. The minimum atomic E-state index is -0.0843. The van der Waals surface area contributed by atoms with E-state index in [1.54, 1.807) is 6.07 Å². The van der Waals surface area contributed by atoms with E-state index in [-0.39, 0.29) is 5.91 Å². The van der Waals surface area contributed by atoms with E-state index in [2.05, 4.69) is 43.0 Å². The van der Waals surface area contributed by atoms with Gasteiger partial charge in [-0.25, -0.2) is 4.98 Å². The number of nitrogen functional groups attached to an aromatic ring is 1. The molecule has 0 bridgehead atoms. The third kappa shape index (κ3) is 5.71. The number of likely N-dealkylation sites (N-methyl/N-ethyl adjacent to an activating group) is 1. The molecule has 0 saturated heterocycles. The first-order valence-corrected chi connectivity index (χ1v) is 7.72. The lowest BCUT2D eigenvalue weighted by Gasteiger charge is -2.23. The normalized spacial score (nSPS) is 12.4. The Morgan fingerprint density at radius 3 is 2.76 bits per heavy atom. The molecular weight excluding hydrogens is 264 g/mol. The number of carbonyl (C=O) groups is 1. The molecule has 1 heterocycles. The zero-order valence-corrected chi connectivity index (χ0v) is 13.6.